The van der Waals surface area contributed by atoms with Crippen molar-refractivity contribution in [1.82, 2.24) is 5.32 Å². The summed E-state index contributed by atoms with van der Waals surface area (Å²) in [6.07, 6.45) is 3.68. The van der Waals surface area contributed by atoms with Crippen molar-refractivity contribution in [3.05, 3.63) is 64.7 Å². The Morgan fingerprint density at radius 3 is 2.42 bits per heavy atom. The maximum absolute atomic E-state index is 13.2. The van der Waals surface area contributed by atoms with E-state index in [1.54, 1.807) is 18.2 Å². The third kappa shape index (κ3) is 3.75. The zero-order valence-electron chi connectivity index (χ0n) is 14.8. The molecule has 0 spiro atoms. The molecule has 2 amide bonds. The molecule has 1 aliphatic carbocycles. The van der Waals surface area contributed by atoms with Gasteiger partial charge in [0.05, 0.1) is 5.41 Å². The first-order chi connectivity index (χ1) is 12.5. The predicted octanol–water partition coefficient (Wildman–Crippen LogP) is 4.54. The molecular formula is C21H23ClN2O2. The summed E-state index contributed by atoms with van der Waals surface area (Å²) < 4.78 is 0. The molecule has 26 heavy (non-hydrogen) atoms. The highest BCUT2D eigenvalue weighted by Crippen LogP contribution is 2.42. The van der Waals surface area contributed by atoms with E-state index in [2.05, 4.69) is 10.6 Å². The second-order valence-corrected chi connectivity index (χ2v) is 7.13. The predicted molar refractivity (Wildman–Crippen MR) is 105 cm³/mol. The molecule has 0 unspecified atom stereocenters. The minimum atomic E-state index is -0.535. The lowest BCUT2D eigenvalue weighted by atomic mass is 9.78. The molecule has 0 atom stereocenters. The van der Waals surface area contributed by atoms with Gasteiger partial charge in [-0.05, 0) is 55.7 Å². The smallest absolute Gasteiger partial charge is 0.251 e. The van der Waals surface area contributed by atoms with Crippen LogP contribution in [0, 0.1) is 0 Å². The van der Waals surface area contributed by atoms with Crippen molar-refractivity contribution in [2.75, 3.05) is 11.9 Å². The summed E-state index contributed by atoms with van der Waals surface area (Å²) in [7, 11) is 0. The molecule has 0 saturated heterocycles. The summed E-state index contributed by atoms with van der Waals surface area (Å²) in [6, 6.07) is 14.6. The highest BCUT2D eigenvalue weighted by atomic mass is 35.5. The van der Waals surface area contributed by atoms with Gasteiger partial charge in [0, 0.05) is 22.8 Å². The van der Waals surface area contributed by atoms with Crippen LogP contribution < -0.4 is 10.6 Å². The third-order valence-corrected chi connectivity index (χ3v) is 5.26. The lowest BCUT2D eigenvalue weighted by Crippen LogP contribution is -2.38. The van der Waals surface area contributed by atoms with E-state index in [4.69, 9.17) is 11.6 Å². The van der Waals surface area contributed by atoms with Crippen molar-refractivity contribution in [3.63, 3.8) is 0 Å². The lowest BCUT2D eigenvalue weighted by molar-refractivity contribution is -0.121. The Bertz CT molecular complexity index is 796. The quantitative estimate of drug-likeness (QED) is 0.811. The van der Waals surface area contributed by atoms with E-state index < -0.39 is 5.41 Å². The molecule has 2 N–H and O–H groups in total. The fourth-order valence-electron chi connectivity index (χ4n) is 3.65. The van der Waals surface area contributed by atoms with Crippen LogP contribution in [-0.4, -0.2) is 18.4 Å². The van der Waals surface area contributed by atoms with Gasteiger partial charge in [0.1, 0.15) is 0 Å². The average molecular weight is 371 g/mol. The fraction of sp³-hybridized carbons (Fsp3) is 0.333. The molecule has 0 bridgehead atoms. The first kappa shape index (κ1) is 18.5. The van der Waals surface area contributed by atoms with Crippen LogP contribution in [0.1, 0.15) is 48.5 Å². The Kier molecular flexibility index (Phi) is 5.62. The number of benzene rings is 2. The summed E-state index contributed by atoms with van der Waals surface area (Å²) in [6.45, 7) is 2.44. The highest BCUT2D eigenvalue weighted by molar-refractivity contribution is 6.30. The molecule has 2 aromatic rings. The van der Waals surface area contributed by atoms with Crippen molar-refractivity contribution < 1.29 is 9.59 Å². The summed E-state index contributed by atoms with van der Waals surface area (Å²) in [5.74, 6) is -0.165. The van der Waals surface area contributed by atoms with Gasteiger partial charge in [-0.2, -0.15) is 0 Å². The van der Waals surface area contributed by atoms with Crippen LogP contribution in [-0.2, 0) is 10.2 Å². The number of rotatable bonds is 5. The normalized spacial score (nSPS) is 15.5. The van der Waals surface area contributed by atoms with Gasteiger partial charge in [0.25, 0.3) is 5.91 Å². The lowest BCUT2D eigenvalue weighted by Gasteiger charge is -2.28. The Hall–Kier alpha value is -2.33. The highest BCUT2D eigenvalue weighted by Gasteiger charge is 2.42. The minimum absolute atomic E-state index is 0.0228. The van der Waals surface area contributed by atoms with Crippen LogP contribution in [0.5, 0.6) is 0 Å². The van der Waals surface area contributed by atoms with E-state index in [0.717, 1.165) is 31.2 Å². The van der Waals surface area contributed by atoms with Gasteiger partial charge in [-0.3, -0.25) is 9.59 Å². The van der Waals surface area contributed by atoms with E-state index in [1.165, 1.54) is 0 Å². The number of amides is 2. The van der Waals surface area contributed by atoms with Gasteiger partial charge in [0.15, 0.2) is 0 Å². The summed E-state index contributed by atoms with van der Waals surface area (Å²) in [5.41, 5.74) is 1.64. The van der Waals surface area contributed by atoms with Gasteiger partial charge < -0.3 is 10.6 Å². The van der Waals surface area contributed by atoms with E-state index in [0.29, 0.717) is 22.8 Å². The molecule has 1 saturated carbocycles. The first-order valence-corrected chi connectivity index (χ1v) is 9.39. The van der Waals surface area contributed by atoms with Crippen molar-refractivity contribution >= 4 is 29.1 Å². The zero-order chi connectivity index (χ0) is 18.6. The topological polar surface area (TPSA) is 58.2 Å². The summed E-state index contributed by atoms with van der Waals surface area (Å²) in [4.78, 5) is 25.2. The molecule has 4 nitrogen and oxygen atoms in total. The van der Waals surface area contributed by atoms with Crippen molar-refractivity contribution in [2.45, 2.75) is 38.0 Å². The number of nitrogens with one attached hydrogen (secondary N) is 2. The van der Waals surface area contributed by atoms with Crippen LogP contribution in [0.15, 0.2) is 48.5 Å². The molecule has 1 fully saturated rings. The molecule has 2 aromatic carbocycles. The molecule has 3 rings (SSSR count). The molecule has 0 radical (unpaired) electrons. The number of carbonyl (C=O) groups excluding carboxylic acids is 2. The van der Waals surface area contributed by atoms with Crippen LogP contribution in [0.4, 0.5) is 5.69 Å². The van der Waals surface area contributed by atoms with Gasteiger partial charge in [0.2, 0.25) is 5.91 Å². The SMILES string of the molecule is CCNC(=O)c1cccc(NC(=O)C2(c3ccc(Cl)cc3)CCCC2)c1. The number of anilines is 1. The van der Waals surface area contributed by atoms with Gasteiger partial charge in [-0.1, -0.05) is 42.6 Å². The molecule has 136 valence electrons. The van der Waals surface area contributed by atoms with Gasteiger partial charge in [-0.15, -0.1) is 0 Å². The van der Waals surface area contributed by atoms with Crippen LogP contribution in [0.25, 0.3) is 0 Å². The van der Waals surface area contributed by atoms with Gasteiger partial charge in [-0.25, -0.2) is 0 Å². The van der Waals surface area contributed by atoms with E-state index in [1.807, 2.05) is 37.3 Å². The molecule has 5 heteroatoms. The van der Waals surface area contributed by atoms with Gasteiger partial charge >= 0.3 is 0 Å². The number of hydrogen-bond acceptors (Lipinski definition) is 2. The molecule has 0 heterocycles. The van der Waals surface area contributed by atoms with E-state index >= 15 is 0 Å². The number of halogens is 1. The first-order valence-electron chi connectivity index (χ1n) is 9.01. The maximum Gasteiger partial charge on any atom is 0.251 e. The summed E-state index contributed by atoms with van der Waals surface area (Å²) >= 11 is 6.01. The standard InChI is InChI=1S/C21H23ClN2O2/c1-2-23-19(25)15-6-5-7-18(14-15)24-20(26)21(12-3-4-13-21)16-8-10-17(22)11-9-16/h5-11,14H,2-4,12-13H2,1H3,(H,23,25)(H,24,26). The summed E-state index contributed by atoms with van der Waals surface area (Å²) in [5, 5.41) is 6.46. The van der Waals surface area contributed by atoms with Crippen molar-refractivity contribution in [3.8, 4) is 0 Å². The Balaban J connectivity index is 1.84. The van der Waals surface area contributed by atoms with Crippen LogP contribution >= 0.6 is 11.6 Å². The van der Waals surface area contributed by atoms with Crippen molar-refractivity contribution in [1.29, 1.82) is 0 Å². The monoisotopic (exact) mass is 370 g/mol. The maximum atomic E-state index is 13.2. The molecule has 0 aliphatic heterocycles. The second-order valence-electron chi connectivity index (χ2n) is 6.69. The van der Waals surface area contributed by atoms with E-state index in [-0.39, 0.29) is 11.8 Å². The minimum Gasteiger partial charge on any atom is -0.352 e. The second kappa shape index (κ2) is 7.92. The molecular weight excluding hydrogens is 348 g/mol. The Morgan fingerprint density at radius 1 is 1.08 bits per heavy atom. The van der Waals surface area contributed by atoms with Crippen molar-refractivity contribution in [2.24, 2.45) is 0 Å². The number of hydrogen-bond donors (Lipinski definition) is 2. The van der Waals surface area contributed by atoms with Crippen LogP contribution in [0.2, 0.25) is 5.02 Å². The fourth-order valence-corrected chi connectivity index (χ4v) is 3.77. The average Bonchev–Trinajstić information content (AvgIpc) is 3.14. The largest absolute Gasteiger partial charge is 0.352 e. The number of carbonyl (C=O) groups is 2. The Morgan fingerprint density at radius 2 is 1.77 bits per heavy atom. The van der Waals surface area contributed by atoms with Crippen LogP contribution in [0.3, 0.4) is 0 Å². The Labute approximate surface area is 158 Å². The molecule has 1 aliphatic rings. The zero-order valence-corrected chi connectivity index (χ0v) is 15.6. The molecule has 0 aromatic heterocycles. The third-order valence-electron chi connectivity index (χ3n) is 5.01. The van der Waals surface area contributed by atoms with E-state index in [9.17, 15) is 9.59 Å².